The fourth-order valence-corrected chi connectivity index (χ4v) is 1.52. The molecule has 1 unspecified atom stereocenters. The van der Waals surface area contributed by atoms with Crippen LogP contribution >= 0.6 is 0 Å². The second-order valence-corrected chi connectivity index (χ2v) is 4.27. The van der Waals surface area contributed by atoms with Gasteiger partial charge in [-0.15, -0.1) is 0 Å². The summed E-state index contributed by atoms with van der Waals surface area (Å²) < 4.78 is 10.4. The highest BCUT2D eigenvalue weighted by molar-refractivity contribution is 5.91. The van der Waals surface area contributed by atoms with Crippen molar-refractivity contribution in [2.45, 2.75) is 26.3 Å². The van der Waals surface area contributed by atoms with Gasteiger partial charge in [0.25, 0.3) is 0 Å². The lowest BCUT2D eigenvalue weighted by Gasteiger charge is -2.09. The lowest BCUT2D eigenvalue weighted by molar-refractivity contribution is -0.117. The molecule has 0 radical (unpaired) electrons. The molecule has 0 heterocycles. The van der Waals surface area contributed by atoms with Crippen molar-refractivity contribution < 1.29 is 14.3 Å². The van der Waals surface area contributed by atoms with Crippen molar-refractivity contribution in [2.75, 3.05) is 14.2 Å². The molecule has 4 nitrogen and oxygen atoms in total. The molecule has 1 amide bonds. The predicted molar refractivity (Wildman–Crippen MR) is 76.5 cm³/mol. The largest absolute Gasteiger partial charge is 0.493 e. The molecule has 0 aliphatic heterocycles. The van der Waals surface area contributed by atoms with Gasteiger partial charge >= 0.3 is 0 Å². The maximum absolute atomic E-state index is 11.6. The molecule has 1 aromatic rings. The maximum Gasteiger partial charge on any atom is 0.244 e. The van der Waals surface area contributed by atoms with Crippen LogP contribution in [0, 0.1) is 0 Å². The van der Waals surface area contributed by atoms with Crippen molar-refractivity contribution >= 4 is 12.0 Å². The zero-order chi connectivity index (χ0) is 14.3. The third-order valence-corrected chi connectivity index (χ3v) is 2.84. The summed E-state index contributed by atoms with van der Waals surface area (Å²) in [6.07, 6.45) is 4.18. The lowest BCUT2D eigenvalue weighted by atomic mass is 10.2. The molecule has 4 heteroatoms. The van der Waals surface area contributed by atoms with Gasteiger partial charge < -0.3 is 14.8 Å². The van der Waals surface area contributed by atoms with Gasteiger partial charge in [-0.3, -0.25) is 4.79 Å². The first-order chi connectivity index (χ1) is 9.10. The van der Waals surface area contributed by atoms with Gasteiger partial charge in [0.1, 0.15) is 0 Å². The van der Waals surface area contributed by atoms with Gasteiger partial charge in [0.05, 0.1) is 14.2 Å². The molecule has 0 bridgehead atoms. The summed E-state index contributed by atoms with van der Waals surface area (Å²) in [4.78, 5) is 11.6. The van der Waals surface area contributed by atoms with E-state index in [-0.39, 0.29) is 11.9 Å². The second kappa shape index (κ2) is 7.46. The SMILES string of the molecule is CCC(C)NC(=O)/C=C/c1ccc(OC)c(OC)c1. The number of ether oxygens (including phenoxy) is 2. The maximum atomic E-state index is 11.6. The number of hydrogen-bond donors (Lipinski definition) is 1. The van der Waals surface area contributed by atoms with Crippen molar-refractivity contribution in [2.24, 2.45) is 0 Å². The molecule has 1 aromatic carbocycles. The quantitative estimate of drug-likeness (QED) is 0.803. The van der Waals surface area contributed by atoms with E-state index in [9.17, 15) is 4.79 Å². The first-order valence-electron chi connectivity index (χ1n) is 6.31. The van der Waals surface area contributed by atoms with Gasteiger partial charge in [0, 0.05) is 12.1 Å². The molecule has 1 N–H and O–H groups in total. The minimum Gasteiger partial charge on any atom is -0.493 e. The first-order valence-corrected chi connectivity index (χ1v) is 6.31. The average Bonchev–Trinajstić information content (AvgIpc) is 2.44. The molecule has 0 aliphatic carbocycles. The normalized spacial score (nSPS) is 12.2. The van der Waals surface area contributed by atoms with Gasteiger partial charge in [0.15, 0.2) is 11.5 Å². The Morgan fingerprint density at radius 2 is 2.00 bits per heavy atom. The van der Waals surface area contributed by atoms with E-state index in [1.807, 2.05) is 32.0 Å². The summed E-state index contributed by atoms with van der Waals surface area (Å²) in [5.74, 6) is 1.22. The van der Waals surface area contributed by atoms with Crippen LogP contribution in [0.5, 0.6) is 11.5 Å². The molecule has 1 rings (SSSR count). The molecule has 0 fully saturated rings. The van der Waals surface area contributed by atoms with Crippen molar-refractivity contribution in [1.29, 1.82) is 0 Å². The first kappa shape index (κ1) is 15.1. The van der Waals surface area contributed by atoms with E-state index in [1.54, 1.807) is 20.3 Å². The number of methoxy groups -OCH3 is 2. The Labute approximate surface area is 114 Å². The van der Waals surface area contributed by atoms with E-state index in [4.69, 9.17) is 9.47 Å². The fraction of sp³-hybridized carbons (Fsp3) is 0.400. The standard InChI is InChI=1S/C15H21NO3/c1-5-11(2)16-15(17)9-7-12-6-8-13(18-3)14(10-12)19-4/h6-11H,5H2,1-4H3,(H,16,17)/b9-7+. The Hall–Kier alpha value is -1.97. The minimum atomic E-state index is -0.0934. The van der Waals surface area contributed by atoms with E-state index >= 15 is 0 Å². The van der Waals surface area contributed by atoms with Gasteiger partial charge in [-0.2, -0.15) is 0 Å². The third kappa shape index (κ3) is 4.66. The van der Waals surface area contributed by atoms with E-state index in [1.165, 1.54) is 6.08 Å². The van der Waals surface area contributed by atoms with Crippen LogP contribution in [0.3, 0.4) is 0 Å². The monoisotopic (exact) mass is 263 g/mol. The molecule has 0 aliphatic rings. The predicted octanol–water partition coefficient (Wildman–Crippen LogP) is 2.63. The lowest BCUT2D eigenvalue weighted by Crippen LogP contribution is -2.30. The van der Waals surface area contributed by atoms with Crippen molar-refractivity contribution in [1.82, 2.24) is 5.32 Å². The molecular formula is C15H21NO3. The Morgan fingerprint density at radius 1 is 1.32 bits per heavy atom. The third-order valence-electron chi connectivity index (χ3n) is 2.84. The fourth-order valence-electron chi connectivity index (χ4n) is 1.52. The average molecular weight is 263 g/mol. The highest BCUT2D eigenvalue weighted by Crippen LogP contribution is 2.27. The summed E-state index contributed by atoms with van der Waals surface area (Å²) in [7, 11) is 3.17. The number of carbonyl (C=O) groups excluding carboxylic acids is 1. The number of carbonyl (C=O) groups is 1. The van der Waals surface area contributed by atoms with Crippen LogP contribution in [0.25, 0.3) is 6.08 Å². The van der Waals surface area contributed by atoms with Crippen LogP contribution in [0.15, 0.2) is 24.3 Å². The molecule has 0 saturated carbocycles. The van der Waals surface area contributed by atoms with Crippen LogP contribution in [0.4, 0.5) is 0 Å². The summed E-state index contributed by atoms with van der Waals surface area (Å²) in [6.45, 7) is 4.01. The highest BCUT2D eigenvalue weighted by atomic mass is 16.5. The topological polar surface area (TPSA) is 47.6 Å². The van der Waals surface area contributed by atoms with Crippen LogP contribution in [-0.4, -0.2) is 26.2 Å². The molecule has 104 valence electrons. The van der Waals surface area contributed by atoms with Gasteiger partial charge in [0.2, 0.25) is 5.91 Å². The Morgan fingerprint density at radius 3 is 2.58 bits per heavy atom. The molecule has 0 aromatic heterocycles. The van der Waals surface area contributed by atoms with E-state index in [0.29, 0.717) is 11.5 Å². The second-order valence-electron chi connectivity index (χ2n) is 4.27. The van der Waals surface area contributed by atoms with E-state index in [0.717, 1.165) is 12.0 Å². The van der Waals surface area contributed by atoms with Gasteiger partial charge in [-0.05, 0) is 37.1 Å². The number of benzene rings is 1. The summed E-state index contributed by atoms with van der Waals surface area (Å²) in [5, 5.41) is 2.87. The highest BCUT2D eigenvalue weighted by Gasteiger charge is 2.04. The van der Waals surface area contributed by atoms with Crippen LogP contribution in [-0.2, 0) is 4.79 Å². The van der Waals surface area contributed by atoms with Crippen LogP contribution in [0.2, 0.25) is 0 Å². The van der Waals surface area contributed by atoms with E-state index < -0.39 is 0 Å². The molecule has 1 atom stereocenters. The molecule has 19 heavy (non-hydrogen) atoms. The Bertz CT molecular complexity index is 455. The van der Waals surface area contributed by atoms with Crippen molar-refractivity contribution in [3.05, 3.63) is 29.8 Å². The number of amides is 1. The summed E-state index contributed by atoms with van der Waals surface area (Å²) in [5.41, 5.74) is 0.886. The minimum absolute atomic E-state index is 0.0934. The number of nitrogens with one attached hydrogen (secondary N) is 1. The van der Waals surface area contributed by atoms with Crippen molar-refractivity contribution in [3.63, 3.8) is 0 Å². The Kier molecular flexibility index (Phi) is 5.93. The molecular weight excluding hydrogens is 242 g/mol. The van der Waals surface area contributed by atoms with Crippen LogP contribution in [0.1, 0.15) is 25.8 Å². The Balaban J connectivity index is 2.74. The van der Waals surface area contributed by atoms with E-state index in [2.05, 4.69) is 5.32 Å². The zero-order valence-electron chi connectivity index (χ0n) is 11.9. The summed E-state index contributed by atoms with van der Waals surface area (Å²) >= 11 is 0. The van der Waals surface area contributed by atoms with Crippen molar-refractivity contribution in [3.8, 4) is 11.5 Å². The number of hydrogen-bond acceptors (Lipinski definition) is 3. The molecule has 0 saturated heterocycles. The van der Waals surface area contributed by atoms with Gasteiger partial charge in [-0.25, -0.2) is 0 Å². The van der Waals surface area contributed by atoms with Crippen LogP contribution < -0.4 is 14.8 Å². The zero-order valence-corrected chi connectivity index (χ0v) is 11.9. The van der Waals surface area contributed by atoms with Gasteiger partial charge in [-0.1, -0.05) is 13.0 Å². The summed E-state index contributed by atoms with van der Waals surface area (Å²) in [6, 6.07) is 5.69. The smallest absolute Gasteiger partial charge is 0.244 e. The number of rotatable bonds is 6. The molecule has 0 spiro atoms.